The summed E-state index contributed by atoms with van der Waals surface area (Å²) in [7, 11) is 0. The maximum atomic E-state index is 11.4. The highest BCUT2D eigenvalue weighted by atomic mass is 16.1. The zero-order valence-electron chi connectivity index (χ0n) is 8.09. The van der Waals surface area contributed by atoms with Crippen LogP contribution in [0.5, 0.6) is 0 Å². The van der Waals surface area contributed by atoms with Gasteiger partial charge in [-0.2, -0.15) is 4.98 Å². The van der Waals surface area contributed by atoms with Crippen LogP contribution in [0.1, 0.15) is 25.5 Å². The largest absolute Gasteiger partial charge is 0.369 e. The van der Waals surface area contributed by atoms with Gasteiger partial charge in [-0.05, 0) is 12.0 Å². The van der Waals surface area contributed by atoms with E-state index in [9.17, 15) is 4.79 Å². The van der Waals surface area contributed by atoms with Gasteiger partial charge in [-0.1, -0.05) is 13.8 Å². The maximum absolute atomic E-state index is 11.4. The van der Waals surface area contributed by atoms with Crippen molar-refractivity contribution in [3.8, 4) is 0 Å². The van der Waals surface area contributed by atoms with Gasteiger partial charge >= 0.3 is 0 Å². The molecule has 4 N–H and O–H groups in total. The quantitative estimate of drug-likeness (QED) is 0.628. The molecule has 0 radical (unpaired) electrons. The Balaban J connectivity index is 2.77. The topological polar surface area (TPSA) is 87.6 Å². The molecule has 5 nitrogen and oxygen atoms in total. The molecule has 0 aliphatic rings. The number of nitrogens with zero attached hydrogens (tertiary/aromatic N) is 1. The lowest BCUT2D eigenvalue weighted by Gasteiger charge is -1.97. The molecule has 0 fully saturated rings. The summed E-state index contributed by atoms with van der Waals surface area (Å²) >= 11 is 0. The summed E-state index contributed by atoms with van der Waals surface area (Å²) < 4.78 is 0. The number of hydrogen-bond acceptors (Lipinski definition) is 3. The second-order valence-electron chi connectivity index (χ2n) is 3.60. The van der Waals surface area contributed by atoms with Crippen molar-refractivity contribution in [3.63, 3.8) is 0 Å². The first kappa shape index (κ1) is 8.80. The van der Waals surface area contributed by atoms with Crippen LogP contribution in [0.3, 0.4) is 0 Å². The summed E-state index contributed by atoms with van der Waals surface area (Å²) in [6.07, 6.45) is 0. The lowest BCUT2D eigenvalue weighted by atomic mass is 10.1. The lowest BCUT2D eigenvalue weighted by Crippen LogP contribution is -2.09. The molecule has 74 valence electrons. The van der Waals surface area contributed by atoms with E-state index < -0.39 is 0 Å². The van der Waals surface area contributed by atoms with Crippen LogP contribution in [0.15, 0.2) is 10.9 Å². The Bertz CT molecular complexity index is 523. The fraction of sp³-hybridized carbons (Fsp3) is 0.333. The maximum Gasteiger partial charge on any atom is 0.283 e. The molecule has 0 saturated heterocycles. The molecule has 0 aromatic carbocycles. The number of anilines is 1. The third kappa shape index (κ3) is 1.26. The predicted molar refractivity (Wildman–Crippen MR) is 55.2 cm³/mol. The molecule has 0 saturated carbocycles. The normalized spacial score (nSPS) is 11.4. The molecule has 0 spiro atoms. The Hall–Kier alpha value is -1.78. The fourth-order valence-corrected chi connectivity index (χ4v) is 1.38. The monoisotopic (exact) mass is 192 g/mol. The molecule has 0 aliphatic carbocycles. The van der Waals surface area contributed by atoms with Crippen molar-refractivity contribution < 1.29 is 0 Å². The molecule has 2 aromatic heterocycles. The fourth-order valence-electron chi connectivity index (χ4n) is 1.38. The van der Waals surface area contributed by atoms with Gasteiger partial charge in [0.2, 0.25) is 5.95 Å². The zero-order valence-corrected chi connectivity index (χ0v) is 8.09. The Kier molecular flexibility index (Phi) is 1.80. The molecular formula is C9H12N4O. The zero-order chi connectivity index (χ0) is 10.3. The summed E-state index contributed by atoms with van der Waals surface area (Å²) in [5, 5.41) is 0.558. The van der Waals surface area contributed by atoms with Gasteiger partial charge in [0, 0.05) is 5.69 Å². The summed E-state index contributed by atoms with van der Waals surface area (Å²) in [5.74, 6) is 0.482. The third-order valence-electron chi connectivity index (χ3n) is 2.17. The van der Waals surface area contributed by atoms with Gasteiger partial charge in [-0.15, -0.1) is 0 Å². The van der Waals surface area contributed by atoms with Crippen molar-refractivity contribution in [2.45, 2.75) is 19.8 Å². The van der Waals surface area contributed by atoms with Gasteiger partial charge in [0.1, 0.15) is 5.65 Å². The minimum Gasteiger partial charge on any atom is -0.369 e. The van der Waals surface area contributed by atoms with Gasteiger partial charge in [0.15, 0.2) is 0 Å². The summed E-state index contributed by atoms with van der Waals surface area (Å²) in [5.41, 5.74) is 6.78. The average molecular weight is 192 g/mol. The summed E-state index contributed by atoms with van der Waals surface area (Å²) in [6, 6.07) is 1.81. The van der Waals surface area contributed by atoms with Crippen LogP contribution in [0, 0.1) is 0 Å². The van der Waals surface area contributed by atoms with Crippen LogP contribution in [-0.4, -0.2) is 15.0 Å². The first-order valence-electron chi connectivity index (χ1n) is 4.46. The Morgan fingerprint density at radius 2 is 2.14 bits per heavy atom. The van der Waals surface area contributed by atoms with Crippen LogP contribution in [0.4, 0.5) is 5.95 Å². The van der Waals surface area contributed by atoms with Crippen LogP contribution in [0.2, 0.25) is 0 Å². The molecule has 2 aromatic rings. The summed E-state index contributed by atoms with van der Waals surface area (Å²) in [6.45, 7) is 4.10. The molecule has 2 rings (SSSR count). The van der Waals surface area contributed by atoms with Gasteiger partial charge < -0.3 is 15.7 Å². The van der Waals surface area contributed by atoms with E-state index in [1.807, 2.05) is 19.9 Å². The number of nitrogens with one attached hydrogen (secondary N) is 2. The molecule has 2 heterocycles. The predicted octanol–water partition coefficient (Wildman–Crippen LogP) is 0.957. The number of nitrogen functional groups attached to an aromatic ring is 1. The van der Waals surface area contributed by atoms with Gasteiger partial charge in [0.25, 0.3) is 5.56 Å². The van der Waals surface area contributed by atoms with Crippen molar-refractivity contribution >= 4 is 17.0 Å². The number of nitrogens with two attached hydrogens (primary N) is 1. The van der Waals surface area contributed by atoms with Crippen molar-refractivity contribution in [3.05, 3.63) is 22.1 Å². The molecule has 5 heteroatoms. The van der Waals surface area contributed by atoms with Crippen LogP contribution >= 0.6 is 0 Å². The summed E-state index contributed by atoms with van der Waals surface area (Å²) in [4.78, 5) is 20.9. The Morgan fingerprint density at radius 1 is 1.43 bits per heavy atom. The molecule has 0 amide bonds. The van der Waals surface area contributed by atoms with Crippen molar-refractivity contribution in [1.29, 1.82) is 0 Å². The molecule has 0 aliphatic heterocycles. The molecule has 0 unspecified atom stereocenters. The van der Waals surface area contributed by atoms with E-state index in [1.165, 1.54) is 0 Å². The number of hydrogen-bond donors (Lipinski definition) is 3. The second-order valence-corrected chi connectivity index (χ2v) is 3.60. The number of aromatic nitrogens is 3. The van der Waals surface area contributed by atoms with E-state index >= 15 is 0 Å². The average Bonchev–Trinajstić information content (AvgIpc) is 2.47. The van der Waals surface area contributed by atoms with Crippen molar-refractivity contribution in [2.75, 3.05) is 5.73 Å². The number of rotatable bonds is 1. The van der Waals surface area contributed by atoms with Crippen LogP contribution < -0.4 is 11.3 Å². The molecule has 0 bridgehead atoms. The van der Waals surface area contributed by atoms with Crippen LogP contribution in [-0.2, 0) is 0 Å². The standard InChI is InChI=1S/C9H12N4O/c1-4(2)6-3-5-7(11-6)12-9(10)13-8(5)14/h3-4H,1-2H3,(H4,10,11,12,13,14). The smallest absolute Gasteiger partial charge is 0.283 e. The molecular weight excluding hydrogens is 180 g/mol. The van der Waals surface area contributed by atoms with Crippen molar-refractivity contribution in [2.24, 2.45) is 0 Å². The van der Waals surface area contributed by atoms with Gasteiger partial charge in [0.05, 0.1) is 5.39 Å². The van der Waals surface area contributed by atoms with E-state index in [2.05, 4.69) is 15.0 Å². The second kappa shape index (κ2) is 2.87. The van der Waals surface area contributed by atoms with E-state index in [4.69, 9.17) is 5.73 Å². The Labute approximate surface area is 80.4 Å². The first-order chi connectivity index (χ1) is 6.58. The SMILES string of the molecule is CC(C)c1cc2c(=O)nc(N)[nH]c2[nH]1. The van der Waals surface area contributed by atoms with Gasteiger partial charge in [-0.25, -0.2) is 0 Å². The highest BCUT2D eigenvalue weighted by Gasteiger charge is 2.08. The lowest BCUT2D eigenvalue weighted by molar-refractivity contribution is 0.835. The van der Waals surface area contributed by atoms with E-state index in [0.29, 0.717) is 17.0 Å². The number of H-pyrrole nitrogens is 2. The van der Waals surface area contributed by atoms with Crippen LogP contribution in [0.25, 0.3) is 11.0 Å². The number of fused-ring (bicyclic) bond motifs is 1. The van der Waals surface area contributed by atoms with E-state index in [1.54, 1.807) is 0 Å². The van der Waals surface area contributed by atoms with E-state index in [0.717, 1.165) is 5.69 Å². The van der Waals surface area contributed by atoms with Crippen molar-refractivity contribution in [1.82, 2.24) is 15.0 Å². The minimum atomic E-state index is -0.292. The highest BCUT2D eigenvalue weighted by Crippen LogP contribution is 2.16. The van der Waals surface area contributed by atoms with Gasteiger partial charge in [-0.3, -0.25) is 4.79 Å². The minimum absolute atomic E-state index is 0.139. The third-order valence-corrected chi connectivity index (χ3v) is 2.17. The first-order valence-corrected chi connectivity index (χ1v) is 4.46. The Morgan fingerprint density at radius 3 is 2.79 bits per heavy atom. The molecule has 14 heavy (non-hydrogen) atoms. The number of aromatic amines is 2. The molecule has 0 atom stereocenters. The highest BCUT2D eigenvalue weighted by molar-refractivity contribution is 5.76. The van der Waals surface area contributed by atoms with E-state index in [-0.39, 0.29) is 11.5 Å².